The molecule has 3 rings (SSSR count). The highest BCUT2D eigenvalue weighted by molar-refractivity contribution is 7.94. The van der Waals surface area contributed by atoms with Crippen LogP contribution in [-0.2, 0) is 20.0 Å². The molecule has 11 heteroatoms. The van der Waals surface area contributed by atoms with Gasteiger partial charge in [0.25, 0.3) is 10.0 Å². The first-order valence-corrected chi connectivity index (χ1v) is 11.8. The average Bonchev–Trinajstić information content (AvgIpc) is 3.16. The van der Waals surface area contributed by atoms with E-state index in [1.807, 2.05) is 0 Å². The van der Waals surface area contributed by atoms with Crippen molar-refractivity contribution in [2.75, 3.05) is 24.4 Å². The van der Waals surface area contributed by atoms with E-state index in [0.29, 0.717) is 19.0 Å². The molecule has 0 spiro atoms. The molecule has 1 aromatic heterocycles. The van der Waals surface area contributed by atoms with E-state index in [4.69, 9.17) is 0 Å². The first kappa shape index (κ1) is 19.2. The Hall–Kier alpha value is -1.56. The van der Waals surface area contributed by atoms with Crippen LogP contribution in [0.1, 0.15) is 19.8 Å². The molecule has 0 unspecified atom stereocenters. The van der Waals surface area contributed by atoms with Crippen LogP contribution in [0.3, 0.4) is 0 Å². The Bertz CT molecular complexity index is 966. The van der Waals surface area contributed by atoms with Crippen molar-refractivity contribution >= 4 is 36.5 Å². The molecular formula is C15H20N4O4S3. The summed E-state index contributed by atoms with van der Waals surface area (Å²) in [6.45, 7) is 2.87. The topological polar surface area (TPSA) is 101 Å². The van der Waals surface area contributed by atoms with Crippen molar-refractivity contribution in [1.82, 2.24) is 14.5 Å². The minimum absolute atomic E-state index is 0.170. The predicted molar refractivity (Wildman–Crippen MR) is 99.1 cm³/mol. The lowest BCUT2D eigenvalue weighted by molar-refractivity contribution is 0.287. The van der Waals surface area contributed by atoms with Gasteiger partial charge < -0.3 is 0 Å². The van der Waals surface area contributed by atoms with Crippen LogP contribution in [0.2, 0.25) is 0 Å². The summed E-state index contributed by atoms with van der Waals surface area (Å²) in [5.41, 5.74) is 1.42. The van der Waals surface area contributed by atoms with Gasteiger partial charge in [0.2, 0.25) is 15.2 Å². The molecule has 0 saturated carbocycles. The number of hydrogen-bond acceptors (Lipinski definition) is 7. The third-order valence-electron chi connectivity index (χ3n) is 4.47. The second kappa shape index (κ2) is 7.22. The quantitative estimate of drug-likeness (QED) is 0.736. The summed E-state index contributed by atoms with van der Waals surface area (Å²) in [6.07, 6.45) is 1.53. The summed E-state index contributed by atoms with van der Waals surface area (Å²) in [4.78, 5) is -0.456. The molecule has 0 atom stereocenters. The number of nitrogens with zero attached hydrogens (tertiary/aromatic N) is 4. The molecule has 0 aliphatic carbocycles. The average molecular weight is 417 g/mol. The zero-order chi connectivity index (χ0) is 18.9. The van der Waals surface area contributed by atoms with Crippen LogP contribution in [-0.4, -0.2) is 51.5 Å². The van der Waals surface area contributed by atoms with E-state index >= 15 is 0 Å². The highest BCUT2D eigenvalue weighted by atomic mass is 32.2. The third kappa shape index (κ3) is 3.48. The fraction of sp³-hybridized carbons (Fsp3) is 0.467. The Morgan fingerprint density at radius 2 is 1.73 bits per heavy atom. The van der Waals surface area contributed by atoms with Crippen LogP contribution < -0.4 is 4.31 Å². The van der Waals surface area contributed by atoms with Crippen molar-refractivity contribution in [2.24, 2.45) is 5.92 Å². The lowest BCUT2D eigenvalue weighted by Gasteiger charge is -2.30. The molecule has 1 aliphatic heterocycles. The van der Waals surface area contributed by atoms with Crippen LogP contribution in [0.5, 0.6) is 0 Å². The first-order valence-electron chi connectivity index (χ1n) is 8.09. The normalized spacial score (nSPS) is 17.3. The highest BCUT2D eigenvalue weighted by Gasteiger charge is 2.35. The molecule has 0 radical (unpaired) electrons. The second-order valence-electron chi connectivity index (χ2n) is 6.23. The van der Waals surface area contributed by atoms with Crippen molar-refractivity contribution in [1.29, 1.82) is 0 Å². The van der Waals surface area contributed by atoms with Gasteiger partial charge in [-0.1, -0.05) is 30.4 Å². The van der Waals surface area contributed by atoms with E-state index in [9.17, 15) is 16.8 Å². The molecule has 1 saturated heterocycles. The molecule has 2 aromatic rings. The summed E-state index contributed by atoms with van der Waals surface area (Å²) in [5.74, 6) is 0.462. The number of anilines is 1. The van der Waals surface area contributed by atoms with E-state index in [1.165, 1.54) is 41.1 Å². The van der Waals surface area contributed by atoms with Crippen LogP contribution in [0.4, 0.5) is 5.13 Å². The van der Waals surface area contributed by atoms with E-state index in [1.54, 1.807) is 0 Å². The molecule has 0 amide bonds. The molecule has 2 heterocycles. The maximum Gasteiger partial charge on any atom is 0.267 e. The van der Waals surface area contributed by atoms with Crippen LogP contribution in [0, 0.1) is 5.92 Å². The van der Waals surface area contributed by atoms with Crippen molar-refractivity contribution in [3.8, 4) is 0 Å². The second-order valence-corrected chi connectivity index (χ2v) is 10.9. The Labute approximate surface area is 157 Å². The molecule has 0 bridgehead atoms. The maximum absolute atomic E-state index is 13.1. The summed E-state index contributed by atoms with van der Waals surface area (Å²) >= 11 is 1.06. The third-order valence-corrected chi connectivity index (χ3v) is 9.24. The van der Waals surface area contributed by atoms with Crippen molar-refractivity contribution in [3.63, 3.8) is 0 Å². The fourth-order valence-electron chi connectivity index (χ4n) is 2.80. The zero-order valence-electron chi connectivity index (χ0n) is 14.4. The summed E-state index contributed by atoms with van der Waals surface area (Å²) in [5, 5.41) is 7.56. The number of rotatable bonds is 5. The smallest absolute Gasteiger partial charge is 0.243 e. The molecule has 8 nitrogen and oxygen atoms in total. The standard InChI is InChI=1S/C15H20N4O4S3/c1-12-7-9-19(10-8-12)26(22,23)14-6-4-3-5-13(14)25(20,21)18(2)15-17-16-11-24-15/h3-6,11-12H,7-10H2,1-2H3. The van der Waals surface area contributed by atoms with Crippen LogP contribution in [0.15, 0.2) is 39.6 Å². The van der Waals surface area contributed by atoms with Gasteiger partial charge in [-0.3, -0.25) is 0 Å². The van der Waals surface area contributed by atoms with Gasteiger partial charge in [0.15, 0.2) is 0 Å². The van der Waals surface area contributed by atoms with Gasteiger partial charge in [-0.05, 0) is 30.9 Å². The largest absolute Gasteiger partial charge is 0.267 e. The molecule has 0 N–H and O–H groups in total. The summed E-state index contributed by atoms with van der Waals surface area (Å²) < 4.78 is 54.5. The summed E-state index contributed by atoms with van der Waals surface area (Å²) in [7, 11) is -6.66. The van der Waals surface area contributed by atoms with Crippen molar-refractivity contribution < 1.29 is 16.8 Å². The predicted octanol–water partition coefficient (Wildman–Crippen LogP) is 1.78. The van der Waals surface area contributed by atoms with E-state index in [0.717, 1.165) is 28.5 Å². The Morgan fingerprint density at radius 3 is 2.31 bits per heavy atom. The molecule has 1 fully saturated rings. The van der Waals surface area contributed by atoms with Gasteiger partial charge in [0, 0.05) is 20.1 Å². The van der Waals surface area contributed by atoms with Crippen LogP contribution in [0.25, 0.3) is 0 Å². The maximum atomic E-state index is 13.1. The number of benzene rings is 1. The zero-order valence-corrected chi connectivity index (χ0v) is 16.9. The Morgan fingerprint density at radius 1 is 1.12 bits per heavy atom. The van der Waals surface area contributed by atoms with Crippen LogP contribution >= 0.6 is 11.3 Å². The summed E-state index contributed by atoms with van der Waals surface area (Å²) in [6, 6.07) is 5.70. The minimum atomic E-state index is -4.09. The lowest BCUT2D eigenvalue weighted by atomic mass is 10.0. The lowest BCUT2D eigenvalue weighted by Crippen LogP contribution is -2.39. The fourth-order valence-corrected chi connectivity index (χ4v) is 6.93. The van der Waals surface area contributed by atoms with Gasteiger partial charge in [0.1, 0.15) is 15.3 Å². The Balaban J connectivity index is 2.03. The van der Waals surface area contributed by atoms with Gasteiger partial charge in [0.05, 0.1) is 0 Å². The number of aromatic nitrogens is 2. The highest BCUT2D eigenvalue weighted by Crippen LogP contribution is 2.31. The van der Waals surface area contributed by atoms with Gasteiger partial charge in [-0.25, -0.2) is 21.1 Å². The van der Waals surface area contributed by atoms with Gasteiger partial charge in [-0.15, -0.1) is 10.2 Å². The Kier molecular flexibility index (Phi) is 5.33. The number of piperidine rings is 1. The SMILES string of the molecule is CC1CCN(S(=O)(=O)c2ccccc2S(=O)(=O)N(C)c2nncs2)CC1. The molecule has 1 aliphatic rings. The molecule has 1 aromatic carbocycles. The first-order chi connectivity index (χ1) is 12.2. The monoisotopic (exact) mass is 416 g/mol. The number of hydrogen-bond donors (Lipinski definition) is 0. The number of sulfonamides is 2. The van der Waals surface area contributed by atoms with Crippen molar-refractivity contribution in [2.45, 2.75) is 29.6 Å². The molecule has 26 heavy (non-hydrogen) atoms. The van der Waals surface area contributed by atoms with E-state index in [2.05, 4.69) is 17.1 Å². The van der Waals surface area contributed by atoms with Gasteiger partial charge in [-0.2, -0.15) is 4.31 Å². The molecular weight excluding hydrogens is 396 g/mol. The molecule has 142 valence electrons. The van der Waals surface area contributed by atoms with E-state index in [-0.39, 0.29) is 14.9 Å². The van der Waals surface area contributed by atoms with Crippen molar-refractivity contribution in [3.05, 3.63) is 29.8 Å². The van der Waals surface area contributed by atoms with Gasteiger partial charge >= 0.3 is 0 Å². The van der Waals surface area contributed by atoms with E-state index < -0.39 is 20.0 Å². The minimum Gasteiger partial charge on any atom is -0.243 e.